The Morgan fingerprint density at radius 2 is 2.46 bits per heavy atom. The molecule has 0 bridgehead atoms. The smallest absolute Gasteiger partial charge is 0.0931 e. The lowest BCUT2D eigenvalue weighted by molar-refractivity contribution is 0.674. The Kier molecular flexibility index (Phi) is 2.65. The highest BCUT2D eigenvalue weighted by Gasteiger charge is 2.23. The van der Waals surface area contributed by atoms with E-state index in [9.17, 15) is 0 Å². The van der Waals surface area contributed by atoms with Gasteiger partial charge in [0.05, 0.1) is 10.7 Å². The first-order valence-corrected chi connectivity index (χ1v) is 5.87. The van der Waals surface area contributed by atoms with Crippen molar-refractivity contribution in [3.8, 4) is 0 Å². The third kappa shape index (κ3) is 2.29. The van der Waals surface area contributed by atoms with Gasteiger partial charge >= 0.3 is 0 Å². The molecule has 2 rings (SSSR count). The Bertz CT molecular complexity index is 278. The van der Waals surface area contributed by atoms with E-state index in [0.29, 0.717) is 0 Å². The van der Waals surface area contributed by atoms with Gasteiger partial charge in [0.25, 0.3) is 0 Å². The van der Waals surface area contributed by atoms with Gasteiger partial charge in [-0.15, -0.1) is 11.3 Å². The van der Waals surface area contributed by atoms with Gasteiger partial charge in [-0.25, -0.2) is 4.98 Å². The van der Waals surface area contributed by atoms with Crippen LogP contribution in [0.15, 0.2) is 5.38 Å². The quantitative estimate of drug-likeness (QED) is 0.803. The number of nitrogens with two attached hydrogens (primary N) is 1. The molecule has 1 atom stereocenters. The van der Waals surface area contributed by atoms with Crippen LogP contribution in [-0.4, -0.2) is 4.98 Å². The van der Waals surface area contributed by atoms with Gasteiger partial charge in [0.15, 0.2) is 0 Å². The van der Waals surface area contributed by atoms with E-state index in [1.54, 1.807) is 11.3 Å². The van der Waals surface area contributed by atoms with Gasteiger partial charge in [0.2, 0.25) is 0 Å². The predicted octanol–water partition coefficient (Wildman–Crippen LogP) is 2.51. The summed E-state index contributed by atoms with van der Waals surface area (Å²) in [6.07, 6.45) is 4.96. The minimum absolute atomic E-state index is 0.143. The van der Waals surface area contributed by atoms with Crippen LogP contribution in [0.2, 0.25) is 0 Å². The highest BCUT2D eigenvalue weighted by Crippen LogP contribution is 2.33. The number of nitrogens with zero attached hydrogens (tertiary/aromatic N) is 1. The second-order valence-corrected chi connectivity index (χ2v) is 4.77. The van der Waals surface area contributed by atoms with Gasteiger partial charge in [0.1, 0.15) is 0 Å². The van der Waals surface area contributed by atoms with Crippen LogP contribution in [0.5, 0.6) is 0 Å². The number of hydrogen-bond acceptors (Lipinski definition) is 3. The first kappa shape index (κ1) is 9.16. The van der Waals surface area contributed by atoms with Crippen LogP contribution in [0.3, 0.4) is 0 Å². The summed E-state index contributed by atoms with van der Waals surface area (Å²) in [4.78, 5) is 4.55. The summed E-state index contributed by atoms with van der Waals surface area (Å²) in [7, 11) is 0. The van der Waals surface area contributed by atoms with E-state index in [1.807, 2.05) is 0 Å². The fraction of sp³-hybridized carbons (Fsp3) is 0.700. The molecule has 1 unspecified atom stereocenters. The van der Waals surface area contributed by atoms with Crippen LogP contribution in [-0.2, 0) is 6.42 Å². The second-order valence-electron chi connectivity index (χ2n) is 3.83. The van der Waals surface area contributed by atoms with Gasteiger partial charge in [-0.2, -0.15) is 0 Å². The molecule has 0 amide bonds. The molecule has 0 aliphatic heterocycles. The molecular formula is C10H16N2S. The van der Waals surface area contributed by atoms with Crippen molar-refractivity contribution in [2.24, 2.45) is 11.7 Å². The molecule has 0 saturated heterocycles. The van der Waals surface area contributed by atoms with Crippen molar-refractivity contribution in [1.29, 1.82) is 0 Å². The third-order valence-electron chi connectivity index (χ3n) is 2.55. The Labute approximate surface area is 83.2 Å². The van der Waals surface area contributed by atoms with Crippen LogP contribution in [0.25, 0.3) is 0 Å². The van der Waals surface area contributed by atoms with Crippen LogP contribution < -0.4 is 5.73 Å². The zero-order valence-electron chi connectivity index (χ0n) is 7.99. The molecule has 1 heterocycles. The fourth-order valence-corrected chi connectivity index (χ4v) is 2.34. The van der Waals surface area contributed by atoms with E-state index in [1.165, 1.54) is 24.3 Å². The van der Waals surface area contributed by atoms with E-state index >= 15 is 0 Å². The molecular weight excluding hydrogens is 180 g/mol. The average molecular weight is 196 g/mol. The molecule has 1 aromatic rings. The largest absolute Gasteiger partial charge is 0.323 e. The Morgan fingerprint density at radius 3 is 3.08 bits per heavy atom. The first-order valence-electron chi connectivity index (χ1n) is 4.99. The van der Waals surface area contributed by atoms with Gasteiger partial charge < -0.3 is 5.73 Å². The molecule has 1 aromatic heterocycles. The zero-order valence-corrected chi connectivity index (χ0v) is 8.81. The number of aromatic nitrogens is 1. The summed E-state index contributed by atoms with van der Waals surface area (Å²) in [5.41, 5.74) is 6.98. The summed E-state index contributed by atoms with van der Waals surface area (Å²) in [5.74, 6) is 0.928. The van der Waals surface area contributed by atoms with Crippen LogP contribution in [0, 0.1) is 5.92 Å². The van der Waals surface area contributed by atoms with E-state index in [-0.39, 0.29) is 6.04 Å². The van der Waals surface area contributed by atoms with Crippen molar-refractivity contribution >= 4 is 11.3 Å². The zero-order chi connectivity index (χ0) is 9.26. The van der Waals surface area contributed by atoms with E-state index in [0.717, 1.165) is 18.0 Å². The topological polar surface area (TPSA) is 38.9 Å². The number of thiazole rings is 1. The highest BCUT2D eigenvalue weighted by atomic mass is 32.1. The molecule has 72 valence electrons. The van der Waals surface area contributed by atoms with Gasteiger partial charge in [-0.1, -0.05) is 6.92 Å². The lowest BCUT2D eigenvalue weighted by atomic mass is 10.2. The van der Waals surface area contributed by atoms with E-state index in [2.05, 4.69) is 17.3 Å². The lowest BCUT2D eigenvalue weighted by Gasteiger charge is -2.02. The number of rotatable bonds is 4. The molecule has 13 heavy (non-hydrogen) atoms. The molecule has 2 nitrogen and oxygen atoms in total. The molecule has 0 spiro atoms. The maximum atomic E-state index is 5.90. The molecule has 1 fully saturated rings. The van der Waals surface area contributed by atoms with Crippen molar-refractivity contribution in [3.05, 3.63) is 16.1 Å². The minimum Gasteiger partial charge on any atom is -0.323 e. The van der Waals surface area contributed by atoms with E-state index in [4.69, 9.17) is 5.73 Å². The molecule has 2 N–H and O–H groups in total. The standard InChI is InChI=1S/C10H16N2S/c1-2-8(11)9-6-13-10(12-9)5-7-3-4-7/h6-8H,2-5,11H2,1H3. The van der Waals surface area contributed by atoms with Crippen molar-refractivity contribution in [2.45, 2.75) is 38.6 Å². The van der Waals surface area contributed by atoms with Crippen LogP contribution >= 0.6 is 11.3 Å². The molecule has 3 heteroatoms. The summed E-state index contributed by atoms with van der Waals surface area (Å²) in [6, 6.07) is 0.143. The molecule has 0 aromatic carbocycles. The van der Waals surface area contributed by atoms with Crippen LogP contribution in [0.4, 0.5) is 0 Å². The third-order valence-corrected chi connectivity index (χ3v) is 3.44. The first-order chi connectivity index (χ1) is 6.29. The minimum atomic E-state index is 0.143. The molecule has 1 aliphatic rings. The highest BCUT2D eigenvalue weighted by molar-refractivity contribution is 7.09. The van der Waals surface area contributed by atoms with Crippen molar-refractivity contribution in [2.75, 3.05) is 0 Å². The average Bonchev–Trinajstić information content (AvgIpc) is 2.81. The molecule has 1 saturated carbocycles. The fourth-order valence-electron chi connectivity index (χ4n) is 1.37. The van der Waals surface area contributed by atoms with E-state index < -0.39 is 0 Å². The lowest BCUT2D eigenvalue weighted by Crippen LogP contribution is -2.08. The number of hydrogen-bond donors (Lipinski definition) is 1. The van der Waals surface area contributed by atoms with Crippen molar-refractivity contribution < 1.29 is 0 Å². The summed E-state index contributed by atoms with van der Waals surface area (Å²) in [6.45, 7) is 2.10. The maximum absolute atomic E-state index is 5.90. The van der Waals surface area contributed by atoms with Crippen molar-refractivity contribution in [3.63, 3.8) is 0 Å². The summed E-state index contributed by atoms with van der Waals surface area (Å²) >= 11 is 1.77. The molecule has 1 aliphatic carbocycles. The maximum Gasteiger partial charge on any atom is 0.0931 e. The van der Waals surface area contributed by atoms with Crippen LogP contribution in [0.1, 0.15) is 42.9 Å². The molecule has 0 radical (unpaired) electrons. The second kappa shape index (κ2) is 3.76. The monoisotopic (exact) mass is 196 g/mol. The van der Waals surface area contributed by atoms with Gasteiger partial charge in [0, 0.05) is 17.8 Å². The SMILES string of the molecule is CCC(N)c1csc(CC2CC2)n1. The Hall–Kier alpha value is -0.410. The summed E-state index contributed by atoms with van der Waals surface area (Å²) in [5, 5.41) is 3.40. The normalized spacial score (nSPS) is 18.9. The Balaban J connectivity index is 1.99. The van der Waals surface area contributed by atoms with Crippen molar-refractivity contribution in [1.82, 2.24) is 4.98 Å². The summed E-state index contributed by atoms with van der Waals surface area (Å²) < 4.78 is 0. The van der Waals surface area contributed by atoms with Gasteiger partial charge in [-0.3, -0.25) is 0 Å². The Morgan fingerprint density at radius 1 is 1.69 bits per heavy atom. The van der Waals surface area contributed by atoms with Gasteiger partial charge in [-0.05, 0) is 25.2 Å². The predicted molar refractivity (Wildman–Crippen MR) is 55.8 cm³/mol.